The molecule has 7 nitrogen and oxygen atoms in total. The van der Waals surface area contributed by atoms with E-state index < -0.39 is 0 Å². The van der Waals surface area contributed by atoms with E-state index in [1.54, 1.807) is 24.3 Å². The van der Waals surface area contributed by atoms with Gasteiger partial charge in [-0.2, -0.15) is 0 Å². The molecule has 1 aromatic carbocycles. The lowest BCUT2D eigenvalue weighted by Gasteiger charge is -2.29. The Morgan fingerprint density at radius 1 is 1.08 bits per heavy atom. The van der Waals surface area contributed by atoms with E-state index in [-0.39, 0.29) is 23.8 Å². The van der Waals surface area contributed by atoms with Gasteiger partial charge in [0, 0.05) is 30.8 Å². The van der Waals surface area contributed by atoms with Crippen LogP contribution in [-0.4, -0.2) is 55.0 Å². The number of nitrogens with one attached hydrogen (secondary N) is 1. The Balaban J connectivity index is 1.48. The molecule has 2 heterocycles. The quantitative estimate of drug-likeness (QED) is 0.815. The highest BCUT2D eigenvalue weighted by Gasteiger charge is 2.35. The number of nitrogens with zero attached hydrogens (tertiary/aromatic N) is 2. The summed E-state index contributed by atoms with van der Waals surface area (Å²) < 4.78 is 5.28. The van der Waals surface area contributed by atoms with Crippen LogP contribution in [0.3, 0.4) is 0 Å². The van der Waals surface area contributed by atoms with Crippen LogP contribution in [0.2, 0.25) is 0 Å². The Labute approximate surface area is 145 Å². The molecule has 1 N–H and O–H groups in total. The molecule has 1 saturated carbocycles. The molecule has 0 bridgehead atoms. The molecule has 1 aliphatic carbocycles. The number of hydrogen-bond donors (Lipinski definition) is 1. The fourth-order valence-electron chi connectivity index (χ4n) is 2.99. The van der Waals surface area contributed by atoms with Crippen LogP contribution in [0.1, 0.15) is 23.2 Å². The van der Waals surface area contributed by atoms with Gasteiger partial charge in [0.25, 0.3) is 17.7 Å². The first-order chi connectivity index (χ1) is 12.1. The molecular formula is C18H19N3O4. The summed E-state index contributed by atoms with van der Waals surface area (Å²) in [5, 5.41) is 2.91. The van der Waals surface area contributed by atoms with Gasteiger partial charge in [0.05, 0.1) is 18.9 Å². The van der Waals surface area contributed by atoms with E-state index in [1.807, 2.05) is 4.90 Å². The van der Waals surface area contributed by atoms with Crippen molar-refractivity contribution in [2.24, 2.45) is 0 Å². The maximum Gasteiger partial charge on any atom is 0.281 e. The summed E-state index contributed by atoms with van der Waals surface area (Å²) in [6.07, 6.45) is 3.43. The summed E-state index contributed by atoms with van der Waals surface area (Å²) in [7, 11) is 0. The van der Waals surface area contributed by atoms with Crippen molar-refractivity contribution < 1.29 is 19.1 Å². The van der Waals surface area contributed by atoms with E-state index in [0.717, 1.165) is 17.7 Å². The molecule has 3 amide bonds. The summed E-state index contributed by atoms with van der Waals surface area (Å²) in [6.45, 7) is 2.28. The number of carbonyl (C=O) groups is 3. The zero-order valence-electron chi connectivity index (χ0n) is 13.7. The number of morpholine rings is 1. The Morgan fingerprint density at radius 2 is 1.76 bits per heavy atom. The maximum absolute atomic E-state index is 12.7. The van der Waals surface area contributed by atoms with Crippen LogP contribution < -0.4 is 10.2 Å². The highest BCUT2D eigenvalue weighted by atomic mass is 16.5. The van der Waals surface area contributed by atoms with E-state index in [1.165, 1.54) is 6.08 Å². The van der Waals surface area contributed by atoms with E-state index in [9.17, 15) is 14.4 Å². The fraction of sp³-hybridized carbons (Fsp3) is 0.389. The molecule has 0 radical (unpaired) electrons. The standard InChI is InChI=1S/C18H19N3O4/c22-16-11-15(20-7-9-25-10-8-20)18(24)21(16)14-5-1-12(2-6-14)17(23)19-13-3-4-13/h1-2,5-6,11,13H,3-4,7-10H2,(H,19,23). The van der Waals surface area contributed by atoms with E-state index in [4.69, 9.17) is 4.74 Å². The van der Waals surface area contributed by atoms with Crippen molar-refractivity contribution in [3.8, 4) is 0 Å². The molecule has 2 fully saturated rings. The van der Waals surface area contributed by atoms with Crippen molar-refractivity contribution in [2.75, 3.05) is 31.2 Å². The summed E-state index contributed by atoms with van der Waals surface area (Å²) in [5.74, 6) is -0.816. The molecule has 2 aliphatic heterocycles. The second-order valence-electron chi connectivity index (χ2n) is 6.40. The van der Waals surface area contributed by atoms with Crippen molar-refractivity contribution in [3.63, 3.8) is 0 Å². The zero-order chi connectivity index (χ0) is 17.4. The van der Waals surface area contributed by atoms with Crippen molar-refractivity contribution in [2.45, 2.75) is 18.9 Å². The van der Waals surface area contributed by atoms with Gasteiger partial charge in [0.1, 0.15) is 5.70 Å². The Morgan fingerprint density at radius 3 is 2.40 bits per heavy atom. The third kappa shape index (κ3) is 3.15. The third-order valence-corrected chi connectivity index (χ3v) is 4.55. The third-order valence-electron chi connectivity index (χ3n) is 4.55. The lowest BCUT2D eigenvalue weighted by atomic mass is 10.2. The first-order valence-electron chi connectivity index (χ1n) is 8.47. The summed E-state index contributed by atoms with van der Waals surface area (Å²) >= 11 is 0. The molecule has 0 aromatic heterocycles. The van der Waals surface area contributed by atoms with Gasteiger partial charge in [-0.15, -0.1) is 0 Å². The molecule has 0 unspecified atom stereocenters. The van der Waals surface area contributed by atoms with Crippen LogP contribution in [0.4, 0.5) is 5.69 Å². The highest BCUT2D eigenvalue weighted by Crippen LogP contribution is 2.25. The van der Waals surface area contributed by atoms with Gasteiger partial charge in [-0.05, 0) is 37.1 Å². The highest BCUT2D eigenvalue weighted by molar-refractivity contribution is 6.30. The molecule has 25 heavy (non-hydrogen) atoms. The lowest BCUT2D eigenvalue weighted by molar-refractivity contribution is -0.121. The largest absolute Gasteiger partial charge is 0.378 e. The number of rotatable bonds is 4. The summed E-state index contributed by atoms with van der Waals surface area (Å²) in [4.78, 5) is 40.0. The monoisotopic (exact) mass is 341 g/mol. The first kappa shape index (κ1) is 15.8. The van der Waals surface area contributed by atoms with Crippen molar-refractivity contribution >= 4 is 23.4 Å². The molecule has 0 spiro atoms. The number of hydrogen-bond acceptors (Lipinski definition) is 5. The van der Waals surface area contributed by atoms with Gasteiger partial charge in [-0.25, -0.2) is 4.90 Å². The molecule has 7 heteroatoms. The van der Waals surface area contributed by atoms with Crippen molar-refractivity contribution in [1.82, 2.24) is 10.2 Å². The van der Waals surface area contributed by atoms with Gasteiger partial charge in [-0.1, -0.05) is 0 Å². The van der Waals surface area contributed by atoms with Gasteiger partial charge < -0.3 is 15.0 Å². The number of benzene rings is 1. The minimum Gasteiger partial charge on any atom is -0.378 e. The molecule has 4 rings (SSSR count). The van der Waals surface area contributed by atoms with Crippen LogP contribution >= 0.6 is 0 Å². The average molecular weight is 341 g/mol. The van der Waals surface area contributed by atoms with Crippen LogP contribution in [-0.2, 0) is 14.3 Å². The van der Waals surface area contributed by atoms with Gasteiger partial charge >= 0.3 is 0 Å². The zero-order valence-corrected chi connectivity index (χ0v) is 13.7. The molecule has 130 valence electrons. The molecule has 1 saturated heterocycles. The second kappa shape index (κ2) is 6.33. The number of amides is 3. The topological polar surface area (TPSA) is 79.0 Å². The van der Waals surface area contributed by atoms with Crippen molar-refractivity contribution in [1.29, 1.82) is 0 Å². The van der Waals surface area contributed by atoms with E-state index >= 15 is 0 Å². The molecule has 1 aromatic rings. The average Bonchev–Trinajstić information content (AvgIpc) is 3.39. The molecule has 0 atom stereocenters. The van der Waals surface area contributed by atoms with Gasteiger partial charge in [-0.3, -0.25) is 14.4 Å². The van der Waals surface area contributed by atoms with Crippen LogP contribution in [0, 0.1) is 0 Å². The maximum atomic E-state index is 12.7. The normalized spacial score (nSPS) is 20.7. The van der Waals surface area contributed by atoms with Crippen LogP contribution in [0.5, 0.6) is 0 Å². The Kier molecular flexibility index (Phi) is 4.01. The predicted octanol–water partition coefficient (Wildman–Crippen LogP) is 0.668. The summed E-state index contributed by atoms with van der Waals surface area (Å²) in [6, 6.07) is 6.83. The predicted molar refractivity (Wildman–Crippen MR) is 89.9 cm³/mol. The SMILES string of the molecule is O=C(NC1CC1)c1ccc(N2C(=O)C=C(N3CCOCC3)C2=O)cc1. The van der Waals surface area contributed by atoms with Crippen molar-refractivity contribution in [3.05, 3.63) is 41.6 Å². The fourth-order valence-corrected chi connectivity index (χ4v) is 2.99. The molecular weight excluding hydrogens is 322 g/mol. The lowest BCUT2D eigenvalue weighted by Crippen LogP contribution is -2.40. The smallest absolute Gasteiger partial charge is 0.281 e. The van der Waals surface area contributed by atoms with Gasteiger partial charge in [0.2, 0.25) is 0 Å². The Bertz CT molecular complexity index is 746. The minimum absolute atomic E-state index is 0.125. The summed E-state index contributed by atoms with van der Waals surface area (Å²) in [5.41, 5.74) is 1.40. The van der Waals surface area contributed by atoms with Crippen LogP contribution in [0.15, 0.2) is 36.0 Å². The van der Waals surface area contributed by atoms with Crippen LogP contribution in [0.25, 0.3) is 0 Å². The minimum atomic E-state index is -0.360. The second-order valence-corrected chi connectivity index (χ2v) is 6.40. The van der Waals surface area contributed by atoms with Gasteiger partial charge in [0.15, 0.2) is 0 Å². The van der Waals surface area contributed by atoms with E-state index in [2.05, 4.69) is 5.32 Å². The van der Waals surface area contributed by atoms with E-state index in [0.29, 0.717) is 43.3 Å². The first-order valence-corrected chi connectivity index (χ1v) is 8.47. The number of anilines is 1. The number of ether oxygens (including phenoxy) is 1. The number of imide groups is 1. The number of carbonyl (C=O) groups excluding carboxylic acids is 3. The Hall–Kier alpha value is -2.67. The molecule has 3 aliphatic rings.